The van der Waals surface area contributed by atoms with Gasteiger partial charge in [0.05, 0.1) is 39.0 Å². The lowest BCUT2D eigenvalue weighted by Crippen LogP contribution is -2.42. The maximum Gasteiger partial charge on any atom is 0.310 e. The first kappa shape index (κ1) is 25.8. The van der Waals surface area contributed by atoms with E-state index in [0.717, 1.165) is 22.4 Å². The zero-order chi connectivity index (χ0) is 25.7. The molecule has 9 heteroatoms. The van der Waals surface area contributed by atoms with E-state index in [-0.39, 0.29) is 25.2 Å². The molecular weight excluding hydrogens is 466 g/mol. The van der Waals surface area contributed by atoms with Crippen LogP contribution in [0.1, 0.15) is 18.4 Å². The molecule has 0 aliphatic carbocycles. The van der Waals surface area contributed by atoms with E-state index in [0.29, 0.717) is 44.0 Å². The Bertz CT molecular complexity index is 1000. The summed E-state index contributed by atoms with van der Waals surface area (Å²) in [4.78, 5) is 23.3. The molecule has 0 spiro atoms. The van der Waals surface area contributed by atoms with Crippen LogP contribution >= 0.6 is 0 Å². The number of hydrogen-bond acceptors (Lipinski definition) is 7. The molecule has 2 aromatic carbocycles. The van der Waals surface area contributed by atoms with Crippen molar-refractivity contribution >= 4 is 17.6 Å². The van der Waals surface area contributed by atoms with Gasteiger partial charge in [-0.05, 0) is 60.1 Å². The lowest BCUT2D eigenvalue weighted by molar-refractivity contribution is -0.149. The molecule has 4 rings (SSSR count). The van der Waals surface area contributed by atoms with Gasteiger partial charge in [-0.1, -0.05) is 18.2 Å². The first-order chi connectivity index (χ1) is 17.4. The summed E-state index contributed by atoms with van der Waals surface area (Å²) in [6.07, 6.45) is 1.89. The second-order valence-electron chi connectivity index (χ2n) is 9.27. The van der Waals surface area contributed by atoms with Gasteiger partial charge in [0.25, 0.3) is 0 Å². The minimum Gasteiger partial charge on any atom is -0.496 e. The first-order valence-electron chi connectivity index (χ1n) is 12.1. The highest BCUT2D eigenvalue weighted by molar-refractivity contribution is 5.75. The molecule has 194 valence electrons. The van der Waals surface area contributed by atoms with Crippen LogP contribution in [-0.4, -0.2) is 68.8 Å². The molecule has 2 heterocycles. The van der Waals surface area contributed by atoms with E-state index >= 15 is 0 Å². The number of benzene rings is 2. The highest BCUT2D eigenvalue weighted by Crippen LogP contribution is 2.36. The zero-order valence-corrected chi connectivity index (χ0v) is 20.6. The Balaban J connectivity index is 1.54. The fourth-order valence-corrected chi connectivity index (χ4v) is 5.02. The Morgan fingerprint density at radius 2 is 1.50 bits per heavy atom. The molecule has 2 aliphatic heterocycles. The summed E-state index contributed by atoms with van der Waals surface area (Å²) in [5, 5.41) is 22.4. The number of carboxylic acids is 2. The van der Waals surface area contributed by atoms with Gasteiger partial charge in [0.1, 0.15) is 17.4 Å². The molecule has 36 heavy (non-hydrogen) atoms. The third-order valence-corrected chi connectivity index (χ3v) is 7.14. The van der Waals surface area contributed by atoms with Gasteiger partial charge in [-0.25, -0.2) is 0 Å². The predicted octanol–water partition coefficient (Wildman–Crippen LogP) is 3.55. The zero-order valence-electron chi connectivity index (χ0n) is 20.6. The lowest BCUT2D eigenvalue weighted by atomic mass is 9.83. The Kier molecular flexibility index (Phi) is 8.32. The topological polar surface area (TPSA) is 124 Å². The van der Waals surface area contributed by atoms with Crippen molar-refractivity contribution in [1.82, 2.24) is 0 Å². The summed E-state index contributed by atoms with van der Waals surface area (Å²) in [5.41, 5.74) is 3.53. The Morgan fingerprint density at radius 1 is 0.889 bits per heavy atom. The molecule has 2 saturated heterocycles. The molecule has 4 atom stereocenters. The molecule has 2 aliphatic rings. The van der Waals surface area contributed by atoms with Gasteiger partial charge in [-0.3, -0.25) is 9.59 Å². The van der Waals surface area contributed by atoms with Gasteiger partial charge < -0.3 is 34.5 Å². The van der Waals surface area contributed by atoms with E-state index in [1.807, 2.05) is 36.4 Å². The van der Waals surface area contributed by atoms with Crippen molar-refractivity contribution in [2.75, 3.05) is 46.0 Å². The molecule has 2 fully saturated rings. The molecule has 4 unspecified atom stereocenters. The number of hydrogen-bond donors (Lipinski definition) is 3. The molecule has 9 nitrogen and oxygen atoms in total. The van der Waals surface area contributed by atoms with Crippen LogP contribution in [0.2, 0.25) is 0 Å². The van der Waals surface area contributed by atoms with Crippen molar-refractivity contribution in [3.8, 4) is 22.6 Å². The molecule has 2 aromatic rings. The average molecular weight is 500 g/mol. The second-order valence-corrected chi connectivity index (χ2v) is 9.27. The molecule has 0 saturated carbocycles. The largest absolute Gasteiger partial charge is 0.496 e. The number of anilines is 1. The Hall–Kier alpha value is -3.30. The van der Waals surface area contributed by atoms with Crippen LogP contribution in [0.25, 0.3) is 11.1 Å². The van der Waals surface area contributed by atoms with Crippen molar-refractivity contribution < 1.29 is 38.7 Å². The molecule has 3 N–H and O–H groups in total. The van der Waals surface area contributed by atoms with Gasteiger partial charge in [-0.15, -0.1) is 0 Å². The first-order valence-corrected chi connectivity index (χ1v) is 12.1. The van der Waals surface area contributed by atoms with Gasteiger partial charge in [0.2, 0.25) is 0 Å². The summed E-state index contributed by atoms with van der Waals surface area (Å²) in [6.45, 7) is 1.49. The van der Waals surface area contributed by atoms with Crippen LogP contribution in [0.3, 0.4) is 0 Å². The monoisotopic (exact) mass is 499 g/mol. The quantitative estimate of drug-likeness (QED) is 0.475. The van der Waals surface area contributed by atoms with Crippen LogP contribution < -0.4 is 14.8 Å². The smallest absolute Gasteiger partial charge is 0.310 e. The number of rotatable bonds is 9. The van der Waals surface area contributed by atoms with Crippen LogP contribution in [-0.2, 0) is 25.5 Å². The van der Waals surface area contributed by atoms with Crippen molar-refractivity contribution in [2.24, 2.45) is 17.8 Å². The van der Waals surface area contributed by atoms with Crippen molar-refractivity contribution in [2.45, 2.75) is 25.3 Å². The number of aliphatic carboxylic acids is 2. The average Bonchev–Trinajstić information content (AvgIpc) is 2.89. The maximum atomic E-state index is 11.6. The minimum atomic E-state index is -0.884. The summed E-state index contributed by atoms with van der Waals surface area (Å²) < 4.78 is 22.0. The molecule has 0 radical (unpaired) electrons. The van der Waals surface area contributed by atoms with Crippen molar-refractivity contribution in [3.05, 3.63) is 42.0 Å². The third kappa shape index (κ3) is 5.74. The Morgan fingerprint density at radius 3 is 2.17 bits per heavy atom. The van der Waals surface area contributed by atoms with E-state index in [2.05, 4.69) is 5.32 Å². The minimum absolute atomic E-state index is 0.0127. The molecule has 0 bridgehead atoms. The summed E-state index contributed by atoms with van der Waals surface area (Å²) in [6, 6.07) is 11.4. The normalized spacial score (nSPS) is 24.1. The number of carboxylic acid groups (broad SMARTS) is 2. The summed E-state index contributed by atoms with van der Waals surface area (Å²) in [5.74, 6) is -1.56. The van der Waals surface area contributed by atoms with Crippen molar-refractivity contribution in [1.29, 1.82) is 0 Å². The van der Waals surface area contributed by atoms with E-state index in [9.17, 15) is 19.8 Å². The van der Waals surface area contributed by atoms with Crippen LogP contribution in [0, 0.1) is 17.8 Å². The third-order valence-electron chi connectivity index (χ3n) is 7.14. The maximum absolute atomic E-state index is 11.6. The molecule has 0 aromatic heterocycles. The summed E-state index contributed by atoms with van der Waals surface area (Å²) in [7, 11) is 3.20. The standard InChI is InChI=1S/C27H33NO8/c1-33-24-12-16(3-4-19(24)11-18-7-9-35-14-20(18)26(29)30)17-5-6-23(25(13-17)34-2)28-22-8-10-36-15-21(22)27(31)32/h3-6,12-13,18,20-22,28H,7-11,14-15H2,1-2H3,(H,29,30)(H,31,32). The van der Waals surface area contributed by atoms with Gasteiger partial charge >= 0.3 is 11.9 Å². The number of nitrogens with one attached hydrogen (secondary N) is 1. The summed E-state index contributed by atoms with van der Waals surface area (Å²) >= 11 is 0. The highest BCUT2D eigenvalue weighted by Gasteiger charge is 2.33. The van der Waals surface area contributed by atoms with Crippen molar-refractivity contribution in [3.63, 3.8) is 0 Å². The predicted molar refractivity (Wildman–Crippen MR) is 133 cm³/mol. The Labute approximate surface area is 210 Å². The number of methoxy groups -OCH3 is 2. The SMILES string of the molecule is COc1cc(-c2ccc(NC3CCOCC3C(=O)O)c(OC)c2)ccc1CC1CCOCC1C(=O)O. The number of ether oxygens (including phenoxy) is 4. The van der Waals surface area contributed by atoms with E-state index in [1.165, 1.54) is 0 Å². The van der Waals surface area contributed by atoms with Crippen LogP contribution in [0.15, 0.2) is 36.4 Å². The second kappa shape index (κ2) is 11.6. The van der Waals surface area contributed by atoms with E-state index in [1.54, 1.807) is 14.2 Å². The van der Waals surface area contributed by atoms with Gasteiger partial charge in [-0.2, -0.15) is 0 Å². The van der Waals surface area contributed by atoms with Crippen LogP contribution in [0.4, 0.5) is 5.69 Å². The molecular formula is C27H33NO8. The fraction of sp³-hybridized carbons (Fsp3) is 0.481. The number of carbonyl (C=O) groups is 2. The van der Waals surface area contributed by atoms with E-state index in [4.69, 9.17) is 18.9 Å². The fourth-order valence-electron chi connectivity index (χ4n) is 5.02. The van der Waals surface area contributed by atoms with E-state index < -0.39 is 23.8 Å². The van der Waals surface area contributed by atoms with Gasteiger partial charge in [0.15, 0.2) is 0 Å². The highest BCUT2D eigenvalue weighted by atomic mass is 16.5. The van der Waals surface area contributed by atoms with Crippen LogP contribution in [0.5, 0.6) is 11.5 Å². The van der Waals surface area contributed by atoms with Gasteiger partial charge in [0, 0.05) is 19.3 Å². The molecule has 0 amide bonds. The lowest BCUT2D eigenvalue weighted by Gasteiger charge is -2.30.